The van der Waals surface area contributed by atoms with Crippen LogP contribution in [0.1, 0.15) is 33.8 Å². The summed E-state index contributed by atoms with van der Waals surface area (Å²) in [5.74, 6) is -0.265. The molecular weight excluding hydrogens is 348 g/mol. The fraction of sp³-hybridized carbons (Fsp3) is 0.200. The van der Waals surface area contributed by atoms with Crippen molar-refractivity contribution in [2.24, 2.45) is 11.8 Å². The molecule has 0 N–H and O–H groups in total. The normalized spacial score (nSPS) is 20.4. The van der Waals surface area contributed by atoms with Gasteiger partial charge in [0.05, 0.1) is 0 Å². The summed E-state index contributed by atoms with van der Waals surface area (Å²) in [6.45, 7) is 0.264. The van der Waals surface area contributed by atoms with Crippen molar-refractivity contribution in [1.82, 2.24) is 0 Å². The Balaban J connectivity index is 1.45. The summed E-state index contributed by atoms with van der Waals surface area (Å²) in [5.41, 5.74) is 2.77. The van der Waals surface area contributed by atoms with Gasteiger partial charge < -0.3 is 4.74 Å². The lowest BCUT2D eigenvalue weighted by atomic mass is 10.0. The topological polar surface area (TPSA) is 43.4 Å². The van der Waals surface area contributed by atoms with Gasteiger partial charge in [-0.15, -0.1) is 0 Å². The highest BCUT2D eigenvalue weighted by molar-refractivity contribution is 6.01. The van der Waals surface area contributed by atoms with E-state index >= 15 is 0 Å². The number of Topliss-reactive ketones (excluding diaryl/α,β-unsaturated/α-hetero) is 1. The van der Waals surface area contributed by atoms with Crippen LogP contribution < -0.4 is 0 Å². The van der Waals surface area contributed by atoms with E-state index in [1.54, 1.807) is 0 Å². The highest BCUT2D eigenvalue weighted by atomic mass is 16.5. The summed E-state index contributed by atoms with van der Waals surface area (Å²) in [4.78, 5) is 25.4. The molecule has 0 unspecified atom stereocenters. The molecule has 0 aliphatic heterocycles. The van der Waals surface area contributed by atoms with Gasteiger partial charge >= 0.3 is 5.97 Å². The quantitative estimate of drug-likeness (QED) is 0.433. The van der Waals surface area contributed by atoms with Gasteiger partial charge in [0.1, 0.15) is 6.61 Å². The number of carbonyl (C=O) groups excluding carboxylic acids is 2. The number of esters is 1. The van der Waals surface area contributed by atoms with Gasteiger partial charge in [-0.1, -0.05) is 91.0 Å². The van der Waals surface area contributed by atoms with Gasteiger partial charge in [-0.05, 0) is 23.0 Å². The number of benzene rings is 3. The zero-order valence-electron chi connectivity index (χ0n) is 15.5. The van der Waals surface area contributed by atoms with Crippen LogP contribution in [0, 0.1) is 11.8 Å². The number of hydrogen-bond donors (Lipinski definition) is 0. The largest absolute Gasteiger partial charge is 0.461 e. The second kappa shape index (κ2) is 8.22. The van der Waals surface area contributed by atoms with Crippen LogP contribution >= 0.6 is 0 Å². The van der Waals surface area contributed by atoms with E-state index in [1.807, 2.05) is 91.0 Å². The Hall–Kier alpha value is -3.20. The molecule has 140 valence electrons. The molecule has 0 spiro atoms. The molecule has 1 aliphatic carbocycles. The SMILES string of the molecule is O=C(C[C@@H]1[C@@H](C(=O)c2ccccc2)[C@@H]1c1ccccc1)OCc1ccccc1. The zero-order valence-corrected chi connectivity index (χ0v) is 15.5. The Labute approximate surface area is 165 Å². The summed E-state index contributed by atoms with van der Waals surface area (Å²) in [6.07, 6.45) is 0.260. The Morgan fingerprint density at radius 3 is 1.96 bits per heavy atom. The molecule has 0 radical (unpaired) electrons. The Morgan fingerprint density at radius 2 is 1.32 bits per heavy atom. The van der Waals surface area contributed by atoms with Crippen LogP contribution in [0.4, 0.5) is 0 Å². The van der Waals surface area contributed by atoms with Crippen molar-refractivity contribution in [3.63, 3.8) is 0 Å². The van der Waals surface area contributed by atoms with Gasteiger partial charge in [0.15, 0.2) is 5.78 Å². The molecule has 0 aromatic heterocycles. The first-order valence-electron chi connectivity index (χ1n) is 9.58. The number of hydrogen-bond acceptors (Lipinski definition) is 3. The smallest absolute Gasteiger partial charge is 0.306 e. The molecule has 3 aromatic carbocycles. The van der Waals surface area contributed by atoms with E-state index in [1.165, 1.54) is 0 Å². The van der Waals surface area contributed by atoms with Crippen LogP contribution in [0.15, 0.2) is 91.0 Å². The fourth-order valence-corrected chi connectivity index (χ4v) is 3.90. The zero-order chi connectivity index (χ0) is 19.3. The maximum Gasteiger partial charge on any atom is 0.306 e. The molecule has 3 nitrogen and oxygen atoms in total. The average molecular weight is 370 g/mol. The van der Waals surface area contributed by atoms with Gasteiger partial charge in [0.2, 0.25) is 0 Å². The Bertz CT molecular complexity index is 935. The molecule has 1 fully saturated rings. The van der Waals surface area contributed by atoms with Gasteiger partial charge in [0.25, 0.3) is 0 Å². The van der Waals surface area contributed by atoms with Crippen LogP contribution in [0.2, 0.25) is 0 Å². The minimum atomic E-state index is -0.252. The molecule has 0 amide bonds. The number of ether oxygens (including phenoxy) is 1. The maximum atomic E-state index is 13.0. The monoisotopic (exact) mass is 370 g/mol. The first kappa shape index (κ1) is 18.2. The summed E-state index contributed by atoms with van der Waals surface area (Å²) >= 11 is 0. The van der Waals surface area contributed by atoms with E-state index in [4.69, 9.17) is 4.74 Å². The second-order valence-electron chi connectivity index (χ2n) is 7.21. The fourth-order valence-electron chi connectivity index (χ4n) is 3.90. The van der Waals surface area contributed by atoms with Crippen molar-refractivity contribution < 1.29 is 14.3 Å². The third kappa shape index (κ3) is 4.04. The molecular formula is C25H22O3. The van der Waals surface area contributed by atoms with Gasteiger partial charge in [0, 0.05) is 17.9 Å². The summed E-state index contributed by atoms with van der Waals surface area (Å²) in [7, 11) is 0. The van der Waals surface area contributed by atoms with Crippen molar-refractivity contribution in [2.45, 2.75) is 18.9 Å². The van der Waals surface area contributed by atoms with Crippen LogP contribution in [0.25, 0.3) is 0 Å². The third-order valence-electron chi connectivity index (χ3n) is 5.36. The Kier molecular flexibility index (Phi) is 5.34. The molecule has 3 aromatic rings. The standard InChI is InChI=1S/C25H22O3/c26-22(28-17-18-10-4-1-5-11-18)16-21-23(19-12-6-2-7-13-19)24(21)25(27)20-14-8-3-9-15-20/h1-15,21,23-24H,16-17H2/t21-,23+,24+/m0/s1. The highest BCUT2D eigenvalue weighted by Gasteiger charge is 2.55. The van der Waals surface area contributed by atoms with E-state index in [-0.39, 0.29) is 42.5 Å². The van der Waals surface area contributed by atoms with Crippen LogP contribution in [0.5, 0.6) is 0 Å². The average Bonchev–Trinajstić information content (AvgIpc) is 3.47. The maximum absolute atomic E-state index is 13.0. The van der Waals surface area contributed by atoms with E-state index in [2.05, 4.69) is 0 Å². The predicted molar refractivity (Wildman–Crippen MR) is 108 cm³/mol. The summed E-state index contributed by atoms with van der Waals surface area (Å²) < 4.78 is 5.45. The third-order valence-corrected chi connectivity index (χ3v) is 5.36. The molecule has 4 rings (SSSR count). The van der Waals surface area contributed by atoms with Gasteiger partial charge in [-0.2, -0.15) is 0 Å². The van der Waals surface area contributed by atoms with E-state index in [0.717, 1.165) is 11.1 Å². The summed E-state index contributed by atoms with van der Waals surface area (Å²) in [6, 6.07) is 28.9. The minimum absolute atomic E-state index is 0.0154. The van der Waals surface area contributed by atoms with Crippen molar-refractivity contribution >= 4 is 11.8 Å². The number of rotatable bonds is 7. The highest BCUT2D eigenvalue weighted by Crippen LogP contribution is 2.57. The minimum Gasteiger partial charge on any atom is -0.461 e. The van der Waals surface area contributed by atoms with Crippen LogP contribution in [0.3, 0.4) is 0 Å². The Morgan fingerprint density at radius 1 is 0.750 bits per heavy atom. The molecule has 3 heteroatoms. The molecule has 0 heterocycles. The first-order chi connectivity index (χ1) is 13.7. The van der Waals surface area contributed by atoms with Gasteiger partial charge in [-0.25, -0.2) is 0 Å². The van der Waals surface area contributed by atoms with Crippen molar-refractivity contribution in [3.8, 4) is 0 Å². The van der Waals surface area contributed by atoms with Crippen molar-refractivity contribution in [2.75, 3.05) is 0 Å². The second-order valence-corrected chi connectivity index (χ2v) is 7.21. The van der Waals surface area contributed by atoms with E-state index < -0.39 is 0 Å². The van der Waals surface area contributed by atoms with Gasteiger partial charge in [-0.3, -0.25) is 9.59 Å². The molecule has 0 bridgehead atoms. The lowest BCUT2D eigenvalue weighted by molar-refractivity contribution is -0.145. The van der Waals surface area contributed by atoms with Crippen LogP contribution in [-0.4, -0.2) is 11.8 Å². The summed E-state index contributed by atoms with van der Waals surface area (Å²) in [5, 5.41) is 0. The molecule has 0 saturated heterocycles. The molecule has 1 aliphatic rings. The molecule has 3 atom stereocenters. The molecule has 28 heavy (non-hydrogen) atoms. The van der Waals surface area contributed by atoms with Crippen molar-refractivity contribution in [3.05, 3.63) is 108 Å². The predicted octanol–water partition coefficient (Wildman–Crippen LogP) is 5.03. The van der Waals surface area contributed by atoms with Crippen LogP contribution in [-0.2, 0) is 16.1 Å². The van der Waals surface area contributed by atoms with Crippen molar-refractivity contribution in [1.29, 1.82) is 0 Å². The number of carbonyl (C=O) groups is 2. The lowest BCUT2D eigenvalue weighted by Crippen LogP contribution is -2.08. The first-order valence-corrected chi connectivity index (χ1v) is 9.58. The van der Waals surface area contributed by atoms with E-state index in [9.17, 15) is 9.59 Å². The van der Waals surface area contributed by atoms with E-state index in [0.29, 0.717) is 5.56 Å². The lowest BCUT2D eigenvalue weighted by Gasteiger charge is -2.05. The molecule has 1 saturated carbocycles. The number of ketones is 1.